The second kappa shape index (κ2) is 2.98. The first-order chi connectivity index (χ1) is 6.86. The van der Waals surface area contributed by atoms with Crippen LogP contribution in [0.3, 0.4) is 0 Å². The van der Waals surface area contributed by atoms with Gasteiger partial charge in [0.2, 0.25) is 0 Å². The number of hydrogen-bond donors (Lipinski definition) is 0. The van der Waals surface area contributed by atoms with Gasteiger partial charge in [0.1, 0.15) is 6.61 Å². The standard InChI is InChI=1S/C10H9BrN2O/c11-9-5-14-4-7-1-2-13-6-12-3-8(9)10(7)13/h3,5-6H,1-2,4H2. The van der Waals surface area contributed by atoms with Gasteiger partial charge >= 0.3 is 0 Å². The average Bonchev–Trinajstić information content (AvgIpc) is 2.53. The number of hydrogen-bond acceptors (Lipinski definition) is 3. The van der Waals surface area contributed by atoms with Gasteiger partial charge in [-0.1, -0.05) is 0 Å². The van der Waals surface area contributed by atoms with Crippen molar-refractivity contribution in [1.29, 1.82) is 0 Å². The molecule has 0 saturated heterocycles. The lowest BCUT2D eigenvalue weighted by molar-refractivity contribution is 0.279. The first kappa shape index (κ1) is 8.29. The maximum Gasteiger partial charge on any atom is 0.111 e. The summed E-state index contributed by atoms with van der Waals surface area (Å²) in [6.45, 7) is 1.72. The third kappa shape index (κ3) is 1.07. The van der Waals surface area contributed by atoms with Crippen molar-refractivity contribution in [2.45, 2.75) is 6.42 Å². The molecule has 3 aliphatic rings. The smallest absolute Gasteiger partial charge is 0.111 e. The Morgan fingerprint density at radius 1 is 1.50 bits per heavy atom. The van der Waals surface area contributed by atoms with Crippen molar-refractivity contribution < 1.29 is 4.74 Å². The Morgan fingerprint density at radius 3 is 3.36 bits per heavy atom. The van der Waals surface area contributed by atoms with Gasteiger partial charge in [-0.3, -0.25) is 0 Å². The minimum Gasteiger partial charge on any atom is -0.496 e. The Morgan fingerprint density at radius 2 is 2.43 bits per heavy atom. The van der Waals surface area contributed by atoms with Crippen molar-refractivity contribution in [1.82, 2.24) is 4.90 Å². The first-order valence-electron chi connectivity index (χ1n) is 4.56. The molecule has 0 aromatic carbocycles. The molecule has 14 heavy (non-hydrogen) atoms. The molecule has 3 nitrogen and oxygen atoms in total. The number of rotatable bonds is 0. The molecule has 0 radical (unpaired) electrons. The van der Waals surface area contributed by atoms with E-state index in [1.807, 2.05) is 12.5 Å². The van der Waals surface area contributed by atoms with E-state index in [1.54, 1.807) is 6.26 Å². The molecule has 0 amide bonds. The third-order valence-corrected chi connectivity index (χ3v) is 3.26. The summed E-state index contributed by atoms with van der Waals surface area (Å²) in [4.78, 5) is 6.40. The van der Waals surface area contributed by atoms with Gasteiger partial charge in [-0.2, -0.15) is 0 Å². The van der Waals surface area contributed by atoms with Crippen LogP contribution in [0, 0.1) is 0 Å². The normalized spacial score (nSPS) is 23.9. The Balaban J connectivity index is 2.17. The topological polar surface area (TPSA) is 24.8 Å². The van der Waals surface area contributed by atoms with Crippen LogP contribution in [0.1, 0.15) is 6.42 Å². The fourth-order valence-corrected chi connectivity index (χ4v) is 2.42. The molecule has 0 atom stereocenters. The summed E-state index contributed by atoms with van der Waals surface area (Å²) in [5.74, 6) is 0. The van der Waals surface area contributed by atoms with Gasteiger partial charge in [-0.15, -0.1) is 0 Å². The Hall–Kier alpha value is -1.03. The Bertz CT molecular complexity index is 406. The summed E-state index contributed by atoms with van der Waals surface area (Å²) >= 11 is 3.50. The average molecular weight is 253 g/mol. The van der Waals surface area contributed by atoms with Crippen LogP contribution >= 0.6 is 15.9 Å². The summed E-state index contributed by atoms with van der Waals surface area (Å²) < 4.78 is 6.42. The van der Waals surface area contributed by atoms with Crippen LogP contribution in [-0.2, 0) is 4.74 Å². The Labute approximate surface area is 90.6 Å². The van der Waals surface area contributed by atoms with Crippen LogP contribution in [0.25, 0.3) is 0 Å². The summed E-state index contributed by atoms with van der Waals surface area (Å²) in [5, 5.41) is 0. The molecule has 3 heterocycles. The van der Waals surface area contributed by atoms with Gasteiger partial charge in [-0.25, -0.2) is 4.99 Å². The van der Waals surface area contributed by atoms with E-state index in [2.05, 4.69) is 25.8 Å². The summed E-state index contributed by atoms with van der Waals surface area (Å²) in [6, 6.07) is 0. The molecule has 0 aliphatic carbocycles. The molecule has 0 bridgehead atoms. The van der Waals surface area contributed by atoms with Gasteiger partial charge in [0, 0.05) is 18.3 Å². The van der Waals surface area contributed by atoms with E-state index < -0.39 is 0 Å². The zero-order valence-corrected chi connectivity index (χ0v) is 9.12. The number of nitrogens with zero attached hydrogens (tertiary/aromatic N) is 2. The molecule has 0 aromatic heterocycles. The fourth-order valence-electron chi connectivity index (χ4n) is 1.99. The van der Waals surface area contributed by atoms with Gasteiger partial charge in [-0.05, 0) is 27.9 Å². The third-order valence-electron chi connectivity index (χ3n) is 2.64. The molecule has 3 aliphatic heterocycles. The van der Waals surface area contributed by atoms with Gasteiger partial charge in [0.15, 0.2) is 0 Å². The molecule has 72 valence electrons. The predicted molar refractivity (Wildman–Crippen MR) is 57.9 cm³/mol. The SMILES string of the molecule is BrC1=COCC2=C3C1=CN=CN3CC2. The van der Waals surface area contributed by atoms with Crippen molar-refractivity contribution in [3.05, 3.63) is 33.8 Å². The van der Waals surface area contributed by atoms with Crippen LogP contribution in [0.15, 0.2) is 38.8 Å². The van der Waals surface area contributed by atoms with Crippen LogP contribution in [0.5, 0.6) is 0 Å². The fraction of sp³-hybridized carbons (Fsp3) is 0.300. The second-order valence-corrected chi connectivity index (χ2v) is 4.33. The van der Waals surface area contributed by atoms with Crippen molar-refractivity contribution in [2.75, 3.05) is 13.2 Å². The highest BCUT2D eigenvalue weighted by Crippen LogP contribution is 2.37. The highest BCUT2D eigenvalue weighted by atomic mass is 79.9. The molecule has 3 rings (SSSR count). The van der Waals surface area contributed by atoms with Crippen molar-refractivity contribution >= 4 is 22.3 Å². The number of halogens is 1. The van der Waals surface area contributed by atoms with Crippen molar-refractivity contribution in [2.24, 2.45) is 4.99 Å². The van der Waals surface area contributed by atoms with E-state index in [0.717, 1.165) is 23.0 Å². The highest BCUT2D eigenvalue weighted by molar-refractivity contribution is 9.12. The van der Waals surface area contributed by atoms with E-state index in [0.29, 0.717) is 6.61 Å². The number of allylic oxidation sites excluding steroid dienone is 1. The van der Waals surface area contributed by atoms with Crippen LogP contribution in [-0.4, -0.2) is 24.4 Å². The van der Waals surface area contributed by atoms with Gasteiger partial charge < -0.3 is 9.64 Å². The molecule has 0 unspecified atom stereocenters. The first-order valence-corrected chi connectivity index (χ1v) is 5.36. The largest absolute Gasteiger partial charge is 0.496 e. The van der Waals surface area contributed by atoms with E-state index in [-0.39, 0.29) is 0 Å². The highest BCUT2D eigenvalue weighted by Gasteiger charge is 2.29. The maximum absolute atomic E-state index is 5.44. The quantitative estimate of drug-likeness (QED) is 0.660. The van der Waals surface area contributed by atoms with Crippen LogP contribution < -0.4 is 0 Å². The molecule has 0 aromatic rings. The van der Waals surface area contributed by atoms with Crippen molar-refractivity contribution in [3.8, 4) is 0 Å². The van der Waals surface area contributed by atoms with E-state index in [4.69, 9.17) is 4.74 Å². The van der Waals surface area contributed by atoms with Gasteiger partial charge in [0.25, 0.3) is 0 Å². The molecular weight excluding hydrogens is 244 g/mol. The summed E-state index contributed by atoms with van der Waals surface area (Å²) in [6.07, 6.45) is 6.60. The van der Waals surface area contributed by atoms with Crippen molar-refractivity contribution in [3.63, 3.8) is 0 Å². The molecule has 0 N–H and O–H groups in total. The molecule has 0 spiro atoms. The minimum atomic E-state index is 0.701. The zero-order chi connectivity index (χ0) is 9.54. The lowest BCUT2D eigenvalue weighted by atomic mass is 10.1. The monoisotopic (exact) mass is 252 g/mol. The minimum absolute atomic E-state index is 0.701. The van der Waals surface area contributed by atoms with E-state index in [9.17, 15) is 0 Å². The van der Waals surface area contributed by atoms with E-state index >= 15 is 0 Å². The Kier molecular flexibility index (Phi) is 1.77. The molecule has 4 heteroatoms. The lowest BCUT2D eigenvalue weighted by Crippen LogP contribution is -2.21. The van der Waals surface area contributed by atoms with Gasteiger partial charge in [0.05, 0.1) is 22.8 Å². The predicted octanol–water partition coefficient (Wildman–Crippen LogP) is 2.14. The number of ether oxygens (including phenoxy) is 1. The summed E-state index contributed by atoms with van der Waals surface area (Å²) in [5.41, 5.74) is 3.78. The molecular formula is C10H9BrN2O. The van der Waals surface area contributed by atoms with E-state index in [1.165, 1.54) is 11.3 Å². The molecule has 0 fully saturated rings. The van der Waals surface area contributed by atoms with Crippen LogP contribution in [0.2, 0.25) is 0 Å². The zero-order valence-electron chi connectivity index (χ0n) is 7.53. The second-order valence-electron chi connectivity index (χ2n) is 3.48. The molecule has 0 saturated carbocycles. The lowest BCUT2D eigenvalue weighted by Gasteiger charge is -2.21. The number of aliphatic imine (C=N–C) groups is 1. The maximum atomic E-state index is 5.44. The van der Waals surface area contributed by atoms with Crippen LogP contribution in [0.4, 0.5) is 0 Å². The summed E-state index contributed by atoms with van der Waals surface area (Å²) in [7, 11) is 0.